The lowest BCUT2D eigenvalue weighted by Gasteiger charge is -2.33. The number of hydrogen-bond donors (Lipinski definition) is 0. The molecule has 3 rings (SSSR count). The summed E-state index contributed by atoms with van der Waals surface area (Å²) in [4.78, 5) is 12.0. The van der Waals surface area contributed by atoms with Gasteiger partial charge in [0.05, 0.1) is 0 Å². The molecular weight excluding hydrogens is 228 g/mol. The minimum absolute atomic E-state index is 0.240. The topological polar surface area (TPSA) is 35.5 Å². The van der Waals surface area contributed by atoms with E-state index >= 15 is 0 Å². The van der Waals surface area contributed by atoms with Crippen molar-refractivity contribution in [3.05, 3.63) is 35.9 Å². The molecule has 3 heteroatoms. The number of rotatable bonds is 1. The first-order valence-corrected chi connectivity index (χ1v) is 6.64. The van der Waals surface area contributed by atoms with Crippen LogP contribution in [0.2, 0.25) is 0 Å². The summed E-state index contributed by atoms with van der Waals surface area (Å²) in [6, 6.07) is 9.59. The summed E-state index contributed by atoms with van der Waals surface area (Å²) < 4.78 is 11.5. The van der Waals surface area contributed by atoms with Gasteiger partial charge in [-0.25, -0.2) is 4.79 Å². The third-order valence-electron chi connectivity index (χ3n) is 3.97. The Bertz CT molecular complexity index is 432. The van der Waals surface area contributed by atoms with E-state index in [1.54, 1.807) is 0 Å². The van der Waals surface area contributed by atoms with Gasteiger partial charge in [0.2, 0.25) is 5.79 Å². The second-order valence-electron chi connectivity index (χ2n) is 5.42. The quantitative estimate of drug-likeness (QED) is 0.714. The fraction of sp³-hybridized carbons (Fsp3) is 0.533. The molecule has 0 unspecified atom stereocenters. The molecule has 0 radical (unpaired) electrons. The van der Waals surface area contributed by atoms with Crippen LogP contribution in [0.1, 0.15) is 44.3 Å². The second kappa shape index (κ2) is 4.39. The fourth-order valence-electron chi connectivity index (χ4n) is 2.78. The number of carbonyl (C=O) groups is 1. The maximum Gasteiger partial charge on any atom is 0.342 e. The summed E-state index contributed by atoms with van der Waals surface area (Å²) >= 11 is 0. The van der Waals surface area contributed by atoms with Crippen LogP contribution in [0.3, 0.4) is 0 Å². The lowest BCUT2D eigenvalue weighted by atomic mass is 9.86. The van der Waals surface area contributed by atoms with Gasteiger partial charge in [0.25, 0.3) is 0 Å². The molecule has 96 valence electrons. The first-order chi connectivity index (χ1) is 8.69. The average Bonchev–Trinajstić information content (AvgIpc) is 2.72. The lowest BCUT2D eigenvalue weighted by molar-refractivity contribution is -0.196. The second-order valence-corrected chi connectivity index (χ2v) is 5.42. The van der Waals surface area contributed by atoms with Gasteiger partial charge < -0.3 is 9.47 Å². The molecular formula is C15H18O3. The molecule has 1 saturated heterocycles. The zero-order valence-corrected chi connectivity index (χ0v) is 10.6. The van der Waals surface area contributed by atoms with E-state index in [1.807, 2.05) is 30.3 Å². The monoisotopic (exact) mass is 246 g/mol. The van der Waals surface area contributed by atoms with Gasteiger partial charge >= 0.3 is 5.97 Å². The molecule has 1 aliphatic heterocycles. The number of ether oxygens (including phenoxy) is 2. The summed E-state index contributed by atoms with van der Waals surface area (Å²) in [5, 5.41) is 0. The van der Waals surface area contributed by atoms with Crippen LogP contribution in [0.25, 0.3) is 0 Å². The maximum absolute atomic E-state index is 12.0. The smallest absolute Gasteiger partial charge is 0.342 e. The van der Waals surface area contributed by atoms with Crippen molar-refractivity contribution in [2.45, 2.75) is 44.5 Å². The zero-order valence-electron chi connectivity index (χ0n) is 10.6. The Balaban J connectivity index is 1.78. The van der Waals surface area contributed by atoms with Gasteiger partial charge in [-0.1, -0.05) is 37.3 Å². The van der Waals surface area contributed by atoms with E-state index in [9.17, 15) is 4.79 Å². The van der Waals surface area contributed by atoms with Crippen LogP contribution in [0, 0.1) is 5.92 Å². The first-order valence-electron chi connectivity index (χ1n) is 6.64. The third-order valence-corrected chi connectivity index (χ3v) is 3.97. The van der Waals surface area contributed by atoms with Gasteiger partial charge in [-0.2, -0.15) is 0 Å². The van der Waals surface area contributed by atoms with Crippen molar-refractivity contribution >= 4 is 5.97 Å². The highest BCUT2D eigenvalue weighted by Gasteiger charge is 2.49. The van der Waals surface area contributed by atoms with Crippen LogP contribution in [-0.2, 0) is 14.3 Å². The summed E-state index contributed by atoms with van der Waals surface area (Å²) in [5.74, 6) is -0.186. The van der Waals surface area contributed by atoms with Crippen molar-refractivity contribution in [2.75, 3.05) is 0 Å². The summed E-state index contributed by atoms with van der Waals surface area (Å²) in [6.45, 7) is 2.23. The van der Waals surface area contributed by atoms with E-state index in [-0.39, 0.29) is 5.97 Å². The summed E-state index contributed by atoms with van der Waals surface area (Å²) in [5.41, 5.74) is 0.887. The van der Waals surface area contributed by atoms with Crippen molar-refractivity contribution in [1.82, 2.24) is 0 Å². The molecule has 0 bridgehead atoms. The molecule has 18 heavy (non-hydrogen) atoms. The van der Waals surface area contributed by atoms with E-state index in [4.69, 9.17) is 9.47 Å². The normalized spacial score (nSPS) is 35.7. The predicted octanol–water partition coefficient (Wildman–Crippen LogP) is 3.21. The molecule has 1 atom stereocenters. The number of esters is 1. The highest BCUT2D eigenvalue weighted by atomic mass is 16.8. The molecule has 1 aliphatic carbocycles. The van der Waals surface area contributed by atoms with E-state index < -0.39 is 11.9 Å². The standard InChI is InChI=1S/C15H18O3/c1-11-7-9-15(10-8-11)17-13(14(16)18-15)12-5-3-2-4-6-12/h2-6,11,13H,7-10H2,1H3/t11?,13-,15?/m1/s1. The van der Waals surface area contributed by atoms with Crippen molar-refractivity contribution in [1.29, 1.82) is 0 Å². The summed E-state index contributed by atoms with van der Waals surface area (Å²) in [7, 11) is 0. The Kier molecular flexibility index (Phi) is 2.86. The van der Waals surface area contributed by atoms with E-state index in [1.165, 1.54) is 0 Å². The zero-order chi connectivity index (χ0) is 12.6. The van der Waals surface area contributed by atoms with Gasteiger partial charge in [0, 0.05) is 12.8 Å². The molecule has 1 aromatic carbocycles. The van der Waals surface area contributed by atoms with Crippen LogP contribution in [0.5, 0.6) is 0 Å². The fourth-order valence-corrected chi connectivity index (χ4v) is 2.78. The molecule has 2 fully saturated rings. The largest absolute Gasteiger partial charge is 0.431 e. The van der Waals surface area contributed by atoms with Gasteiger partial charge in [0.1, 0.15) is 0 Å². The van der Waals surface area contributed by atoms with Crippen molar-refractivity contribution in [2.24, 2.45) is 5.92 Å². The molecule has 1 heterocycles. The predicted molar refractivity (Wildman–Crippen MR) is 66.7 cm³/mol. The Morgan fingerprint density at radius 2 is 1.83 bits per heavy atom. The van der Waals surface area contributed by atoms with Crippen LogP contribution >= 0.6 is 0 Å². The van der Waals surface area contributed by atoms with Gasteiger partial charge in [-0.15, -0.1) is 0 Å². The Morgan fingerprint density at radius 3 is 2.50 bits per heavy atom. The van der Waals surface area contributed by atoms with Gasteiger partial charge in [0.15, 0.2) is 6.10 Å². The molecule has 2 aliphatic rings. The SMILES string of the molecule is CC1CCC2(CC1)OC(=O)[C@@H](c1ccccc1)O2. The Hall–Kier alpha value is -1.35. The lowest BCUT2D eigenvalue weighted by Crippen LogP contribution is -2.35. The molecule has 3 nitrogen and oxygen atoms in total. The van der Waals surface area contributed by atoms with Crippen molar-refractivity contribution < 1.29 is 14.3 Å². The van der Waals surface area contributed by atoms with E-state index in [0.29, 0.717) is 5.92 Å². The molecule has 1 aromatic rings. The molecule has 0 N–H and O–H groups in total. The minimum Gasteiger partial charge on any atom is -0.431 e. The van der Waals surface area contributed by atoms with Crippen LogP contribution in [0.15, 0.2) is 30.3 Å². The van der Waals surface area contributed by atoms with Crippen LogP contribution in [-0.4, -0.2) is 11.8 Å². The summed E-state index contributed by atoms with van der Waals surface area (Å²) in [6.07, 6.45) is 3.23. The Morgan fingerprint density at radius 1 is 1.17 bits per heavy atom. The van der Waals surface area contributed by atoms with E-state index in [0.717, 1.165) is 31.2 Å². The third kappa shape index (κ3) is 2.03. The molecule has 0 amide bonds. The van der Waals surface area contributed by atoms with Crippen molar-refractivity contribution in [3.8, 4) is 0 Å². The van der Waals surface area contributed by atoms with Crippen LogP contribution in [0.4, 0.5) is 0 Å². The highest BCUT2D eigenvalue weighted by Crippen LogP contribution is 2.44. The molecule has 0 aromatic heterocycles. The van der Waals surface area contributed by atoms with Gasteiger partial charge in [-0.3, -0.25) is 0 Å². The van der Waals surface area contributed by atoms with Crippen LogP contribution < -0.4 is 0 Å². The minimum atomic E-state index is -0.649. The first kappa shape index (κ1) is 11.7. The average molecular weight is 246 g/mol. The van der Waals surface area contributed by atoms with Gasteiger partial charge in [-0.05, 0) is 24.3 Å². The highest BCUT2D eigenvalue weighted by molar-refractivity contribution is 5.78. The van der Waals surface area contributed by atoms with Crippen molar-refractivity contribution in [3.63, 3.8) is 0 Å². The maximum atomic E-state index is 12.0. The Labute approximate surface area is 107 Å². The number of hydrogen-bond acceptors (Lipinski definition) is 3. The molecule has 1 spiro atoms. The number of carbonyl (C=O) groups excluding carboxylic acids is 1. The van der Waals surface area contributed by atoms with E-state index in [2.05, 4.69) is 6.92 Å². The molecule has 1 saturated carbocycles. The number of benzene rings is 1.